The lowest BCUT2D eigenvalue weighted by Crippen LogP contribution is -2.53. The molecule has 3 heterocycles. The van der Waals surface area contributed by atoms with Gasteiger partial charge >= 0.3 is 6.18 Å². The summed E-state index contributed by atoms with van der Waals surface area (Å²) in [6.45, 7) is 7.22. The second-order valence-corrected chi connectivity index (χ2v) is 11.4. The molecule has 2 fully saturated rings. The number of aliphatic hydroxyl groups excluding tert-OH is 1. The van der Waals surface area contributed by atoms with E-state index in [0.717, 1.165) is 11.6 Å². The lowest BCUT2D eigenvalue weighted by atomic mass is 9.87. The number of aliphatic hydroxyl groups is 1. The third-order valence-electron chi connectivity index (χ3n) is 8.25. The number of aromatic nitrogens is 2. The molecule has 0 saturated carbocycles. The number of amides is 1. The molecule has 0 radical (unpaired) electrons. The van der Waals surface area contributed by atoms with E-state index < -0.39 is 47.3 Å². The molecule has 1 aromatic carbocycles. The first-order valence-corrected chi connectivity index (χ1v) is 13.2. The molecule has 0 unspecified atom stereocenters. The van der Waals surface area contributed by atoms with Gasteiger partial charge in [0.25, 0.3) is 0 Å². The van der Waals surface area contributed by atoms with Crippen molar-refractivity contribution < 1.29 is 31.9 Å². The summed E-state index contributed by atoms with van der Waals surface area (Å²) >= 11 is 0. The zero-order valence-electron chi connectivity index (χ0n) is 22.0. The van der Waals surface area contributed by atoms with E-state index in [0.29, 0.717) is 49.9 Å². The van der Waals surface area contributed by atoms with Crippen LogP contribution in [0.5, 0.6) is 0 Å². The number of alkyl halides is 3. The van der Waals surface area contributed by atoms with Crippen molar-refractivity contribution in [2.45, 2.75) is 75.7 Å². The molecule has 0 bridgehead atoms. The number of halogens is 5. The molecule has 3 aliphatic rings. The van der Waals surface area contributed by atoms with Gasteiger partial charge in [-0.15, -0.1) is 0 Å². The summed E-state index contributed by atoms with van der Waals surface area (Å²) in [5, 5.41) is 13.6. The first-order valence-electron chi connectivity index (χ1n) is 13.2. The van der Waals surface area contributed by atoms with E-state index in [1.54, 1.807) is 4.90 Å². The Hall–Kier alpha value is -2.86. The zero-order chi connectivity index (χ0) is 28.3. The molecule has 2 aromatic rings. The van der Waals surface area contributed by atoms with Crippen LogP contribution >= 0.6 is 0 Å². The van der Waals surface area contributed by atoms with Gasteiger partial charge in [0.05, 0.1) is 23.3 Å². The predicted octanol–water partition coefficient (Wildman–Crippen LogP) is 4.28. The molecule has 12 heteroatoms. The quantitative estimate of drug-likeness (QED) is 0.551. The third-order valence-corrected chi connectivity index (χ3v) is 8.25. The number of nitrogens with one attached hydrogen (secondary N) is 1. The van der Waals surface area contributed by atoms with Crippen LogP contribution in [-0.4, -0.2) is 63.6 Å². The molecule has 212 valence electrons. The zero-order valence-corrected chi connectivity index (χ0v) is 22.0. The van der Waals surface area contributed by atoms with Crippen molar-refractivity contribution >= 4 is 11.7 Å². The minimum Gasteiger partial charge on any atom is -0.387 e. The number of benzene rings is 1. The second-order valence-electron chi connectivity index (χ2n) is 11.4. The van der Waals surface area contributed by atoms with Crippen LogP contribution in [0.3, 0.4) is 0 Å². The maximum absolute atomic E-state index is 15.2. The Bertz CT molecular complexity index is 1260. The Balaban J connectivity index is 1.40. The van der Waals surface area contributed by atoms with Crippen LogP contribution in [-0.2, 0) is 11.0 Å². The second kappa shape index (κ2) is 9.96. The highest BCUT2D eigenvalue weighted by molar-refractivity contribution is 5.85. The Morgan fingerprint density at radius 1 is 1.13 bits per heavy atom. The number of fused-ring (bicyclic) bond motifs is 1. The van der Waals surface area contributed by atoms with Crippen LogP contribution in [0.25, 0.3) is 0 Å². The Morgan fingerprint density at radius 3 is 2.44 bits per heavy atom. The molecule has 1 amide bonds. The fourth-order valence-electron chi connectivity index (χ4n) is 6.25. The van der Waals surface area contributed by atoms with Crippen molar-refractivity contribution in [3.8, 4) is 0 Å². The van der Waals surface area contributed by atoms with Gasteiger partial charge in [-0.25, -0.2) is 18.7 Å². The first-order chi connectivity index (χ1) is 18.3. The molecular weight excluding hydrogens is 521 g/mol. The summed E-state index contributed by atoms with van der Waals surface area (Å²) in [5.41, 5.74) is -0.931. The molecular formula is C27H32F5N5O2. The van der Waals surface area contributed by atoms with Gasteiger partial charge < -0.3 is 20.2 Å². The average molecular weight is 554 g/mol. The van der Waals surface area contributed by atoms with Crippen molar-refractivity contribution in [2.75, 3.05) is 31.1 Å². The first kappa shape index (κ1) is 27.7. The summed E-state index contributed by atoms with van der Waals surface area (Å²) in [5.74, 6) is -4.49. The fourth-order valence-corrected chi connectivity index (χ4v) is 6.25. The van der Waals surface area contributed by atoms with Crippen molar-refractivity contribution in [3.05, 3.63) is 52.5 Å². The van der Waals surface area contributed by atoms with Gasteiger partial charge in [0, 0.05) is 48.9 Å². The monoisotopic (exact) mass is 553 g/mol. The molecule has 5 rings (SSSR count). The Labute approximate surface area is 223 Å². The van der Waals surface area contributed by atoms with Gasteiger partial charge in [0.1, 0.15) is 12.1 Å². The Morgan fingerprint density at radius 2 is 1.82 bits per heavy atom. The third kappa shape index (κ3) is 5.08. The van der Waals surface area contributed by atoms with E-state index in [1.165, 1.54) is 6.33 Å². The molecule has 7 nitrogen and oxygen atoms in total. The number of anilines is 1. The topological polar surface area (TPSA) is 81.6 Å². The van der Waals surface area contributed by atoms with Crippen molar-refractivity contribution in [3.63, 3.8) is 0 Å². The van der Waals surface area contributed by atoms with Gasteiger partial charge in [-0.05, 0) is 45.1 Å². The van der Waals surface area contributed by atoms with E-state index in [-0.39, 0.29) is 30.1 Å². The maximum atomic E-state index is 15.2. The Kier molecular flexibility index (Phi) is 7.07. The van der Waals surface area contributed by atoms with Crippen molar-refractivity contribution in [1.29, 1.82) is 0 Å². The number of carbonyl (C=O) groups is 1. The highest BCUT2D eigenvalue weighted by atomic mass is 19.4. The fraction of sp³-hybridized carbons (Fsp3) is 0.593. The molecule has 4 atom stereocenters. The average Bonchev–Trinajstić information content (AvgIpc) is 3.38. The van der Waals surface area contributed by atoms with Crippen LogP contribution < -0.4 is 10.2 Å². The summed E-state index contributed by atoms with van der Waals surface area (Å²) < 4.78 is 69.4. The number of hydrogen-bond acceptors (Lipinski definition) is 6. The normalized spacial score (nSPS) is 25.6. The van der Waals surface area contributed by atoms with Gasteiger partial charge in [0.15, 0.2) is 11.6 Å². The minimum absolute atomic E-state index is 0.0737. The minimum atomic E-state index is -5.05. The highest BCUT2D eigenvalue weighted by Crippen LogP contribution is 2.43. The van der Waals surface area contributed by atoms with E-state index in [2.05, 4.69) is 15.3 Å². The largest absolute Gasteiger partial charge is 0.419 e. The van der Waals surface area contributed by atoms with Crippen molar-refractivity contribution in [2.24, 2.45) is 0 Å². The number of piperazine rings is 1. The van der Waals surface area contributed by atoms with Gasteiger partial charge in [-0.3, -0.25) is 4.79 Å². The number of rotatable bonds is 4. The lowest BCUT2D eigenvalue weighted by Gasteiger charge is -2.39. The standard InChI is InChI=1S/C27H32F5N5O2/c1-14-12-18(38)23-19(14)24(34-13-33-23)36-8-10-37(11-9-36)25(39)20(17-6-7-26(2,3)35-17)15-4-5-16(27(30,31)32)22(29)21(15)28/h4-5,13-14,17-18,20,35,38H,6-12H2,1-3H3/t14-,17+,18-,20+/m1/s1. The molecule has 2 aliphatic heterocycles. The van der Waals surface area contributed by atoms with Gasteiger partial charge in [0.2, 0.25) is 5.91 Å². The van der Waals surface area contributed by atoms with Crippen LogP contribution in [0.15, 0.2) is 18.5 Å². The van der Waals surface area contributed by atoms with Crippen LogP contribution in [0.2, 0.25) is 0 Å². The van der Waals surface area contributed by atoms with Gasteiger partial charge in [-0.1, -0.05) is 13.0 Å². The molecule has 2 N–H and O–H groups in total. The summed E-state index contributed by atoms with van der Waals surface area (Å²) in [7, 11) is 0. The van der Waals surface area contributed by atoms with Crippen LogP contribution in [0.1, 0.15) is 80.4 Å². The van der Waals surface area contributed by atoms with Crippen molar-refractivity contribution in [1.82, 2.24) is 20.2 Å². The summed E-state index contributed by atoms with van der Waals surface area (Å²) in [6, 6.07) is 0.838. The lowest BCUT2D eigenvalue weighted by molar-refractivity contribution is -0.140. The van der Waals surface area contributed by atoms with Crippen LogP contribution in [0, 0.1) is 11.6 Å². The number of nitrogens with zero attached hydrogens (tertiary/aromatic N) is 4. The SMILES string of the molecule is C[C@@H]1C[C@@H](O)c2ncnc(N3CCN(C(=O)[C@@H](c4ccc(C(F)(F)F)c(F)c4F)[C@@H]4CCC(C)(C)N4)CC3)c21. The molecule has 1 aromatic heterocycles. The van der Waals surface area contributed by atoms with E-state index >= 15 is 4.39 Å². The molecule has 39 heavy (non-hydrogen) atoms. The van der Waals surface area contributed by atoms with Crippen LogP contribution in [0.4, 0.5) is 27.8 Å². The molecule has 1 aliphatic carbocycles. The number of hydrogen-bond donors (Lipinski definition) is 2. The smallest absolute Gasteiger partial charge is 0.387 e. The maximum Gasteiger partial charge on any atom is 0.419 e. The highest BCUT2D eigenvalue weighted by Gasteiger charge is 2.44. The van der Waals surface area contributed by atoms with E-state index in [1.807, 2.05) is 25.7 Å². The molecule has 0 spiro atoms. The summed E-state index contributed by atoms with van der Waals surface area (Å²) in [6.07, 6.45) is -2.58. The number of carbonyl (C=O) groups excluding carboxylic acids is 1. The predicted molar refractivity (Wildman–Crippen MR) is 133 cm³/mol. The molecule has 2 saturated heterocycles. The van der Waals surface area contributed by atoms with Gasteiger partial charge in [-0.2, -0.15) is 13.2 Å². The van der Waals surface area contributed by atoms with E-state index in [4.69, 9.17) is 0 Å². The summed E-state index contributed by atoms with van der Waals surface area (Å²) in [4.78, 5) is 26.1. The van der Waals surface area contributed by atoms with E-state index in [9.17, 15) is 27.5 Å².